The molecule has 1 aromatic rings. The van der Waals surface area contributed by atoms with Crippen LogP contribution in [0.15, 0.2) is 30.3 Å². The Morgan fingerprint density at radius 1 is 1.42 bits per heavy atom. The van der Waals surface area contributed by atoms with Gasteiger partial charge in [-0.05, 0) is 25.3 Å². The summed E-state index contributed by atoms with van der Waals surface area (Å²) < 4.78 is 5.11. The predicted octanol–water partition coefficient (Wildman–Crippen LogP) is 1.57. The highest BCUT2D eigenvalue weighted by atomic mass is 16.5. The van der Waals surface area contributed by atoms with Crippen molar-refractivity contribution < 1.29 is 14.6 Å². The largest absolute Gasteiger partial charge is 0.465 e. The molecule has 1 aliphatic heterocycles. The second kappa shape index (κ2) is 6.68. The number of benzene rings is 1. The summed E-state index contributed by atoms with van der Waals surface area (Å²) in [5, 5.41) is 9.75. The van der Waals surface area contributed by atoms with Gasteiger partial charge in [0.05, 0.1) is 12.7 Å². The van der Waals surface area contributed by atoms with Gasteiger partial charge < -0.3 is 9.84 Å². The molecule has 1 saturated heterocycles. The Kier molecular flexibility index (Phi) is 4.93. The fourth-order valence-electron chi connectivity index (χ4n) is 2.49. The first-order valence-corrected chi connectivity index (χ1v) is 6.83. The van der Waals surface area contributed by atoms with Crippen molar-refractivity contribution in [3.63, 3.8) is 0 Å². The third-order valence-electron chi connectivity index (χ3n) is 3.47. The van der Waals surface area contributed by atoms with Crippen LogP contribution in [0.4, 0.5) is 0 Å². The summed E-state index contributed by atoms with van der Waals surface area (Å²) in [5.41, 5.74) is 1.17. The maximum Gasteiger partial charge on any atom is 0.323 e. The van der Waals surface area contributed by atoms with Crippen LogP contribution in [0.1, 0.15) is 25.3 Å². The Morgan fingerprint density at radius 3 is 2.84 bits per heavy atom. The Labute approximate surface area is 114 Å². The van der Waals surface area contributed by atoms with Crippen molar-refractivity contribution in [2.75, 3.05) is 13.2 Å². The van der Waals surface area contributed by atoms with E-state index in [2.05, 4.69) is 4.90 Å². The highest BCUT2D eigenvalue weighted by Crippen LogP contribution is 2.21. The van der Waals surface area contributed by atoms with Crippen LogP contribution in [0.25, 0.3) is 0 Å². The van der Waals surface area contributed by atoms with Crippen LogP contribution in [0.3, 0.4) is 0 Å². The van der Waals surface area contributed by atoms with Crippen molar-refractivity contribution in [1.29, 1.82) is 0 Å². The molecule has 4 nitrogen and oxygen atoms in total. The summed E-state index contributed by atoms with van der Waals surface area (Å²) in [4.78, 5) is 14.1. The average molecular weight is 263 g/mol. The number of carbonyl (C=O) groups excluding carboxylic acids is 1. The minimum Gasteiger partial charge on any atom is -0.465 e. The van der Waals surface area contributed by atoms with E-state index in [9.17, 15) is 9.90 Å². The highest BCUT2D eigenvalue weighted by molar-refractivity contribution is 5.76. The quantitative estimate of drug-likeness (QED) is 0.838. The number of ether oxygens (including phenoxy) is 1. The number of aliphatic hydroxyl groups excluding tert-OH is 1. The number of carbonyl (C=O) groups is 1. The molecule has 1 fully saturated rings. The summed E-state index contributed by atoms with van der Waals surface area (Å²) in [6.07, 6.45) is 0.774. The van der Waals surface area contributed by atoms with E-state index in [1.807, 2.05) is 30.3 Å². The van der Waals surface area contributed by atoms with Crippen molar-refractivity contribution in [1.82, 2.24) is 4.90 Å². The molecule has 0 aliphatic carbocycles. The topological polar surface area (TPSA) is 49.8 Å². The van der Waals surface area contributed by atoms with Crippen molar-refractivity contribution in [2.45, 2.75) is 38.5 Å². The molecule has 104 valence electrons. The monoisotopic (exact) mass is 263 g/mol. The van der Waals surface area contributed by atoms with E-state index in [4.69, 9.17) is 4.74 Å². The minimum absolute atomic E-state index is 0.225. The van der Waals surface area contributed by atoms with E-state index in [1.165, 1.54) is 5.56 Å². The molecular formula is C15H21NO3. The smallest absolute Gasteiger partial charge is 0.323 e. The van der Waals surface area contributed by atoms with E-state index in [-0.39, 0.29) is 12.0 Å². The van der Waals surface area contributed by atoms with E-state index in [0.717, 1.165) is 13.1 Å². The summed E-state index contributed by atoms with van der Waals surface area (Å²) >= 11 is 0. The maximum atomic E-state index is 12.0. The van der Waals surface area contributed by atoms with E-state index >= 15 is 0 Å². The molecule has 2 rings (SSSR count). The van der Waals surface area contributed by atoms with Gasteiger partial charge in [-0.2, -0.15) is 0 Å². The number of rotatable bonds is 4. The number of hydrogen-bond acceptors (Lipinski definition) is 4. The van der Waals surface area contributed by atoms with Crippen molar-refractivity contribution in [3.8, 4) is 0 Å². The molecule has 1 aromatic carbocycles. The van der Waals surface area contributed by atoms with Crippen LogP contribution in [0.5, 0.6) is 0 Å². The number of hydrogen-bond donors (Lipinski definition) is 1. The highest BCUT2D eigenvalue weighted by Gasteiger charge is 2.33. The zero-order chi connectivity index (χ0) is 13.7. The van der Waals surface area contributed by atoms with Gasteiger partial charge in [0.2, 0.25) is 0 Å². The lowest BCUT2D eigenvalue weighted by Crippen LogP contribution is -2.48. The van der Waals surface area contributed by atoms with Crippen LogP contribution < -0.4 is 0 Å². The summed E-state index contributed by atoms with van der Waals surface area (Å²) in [6.45, 7) is 3.62. The van der Waals surface area contributed by atoms with Crippen LogP contribution in [-0.4, -0.2) is 41.3 Å². The zero-order valence-corrected chi connectivity index (χ0v) is 11.3. The third kappa shape index (κ3) is 3.78. The first kappa shape index (κ1) is 14.0. The number of esters is 1. The van der Waals surface area contributed by atoms with Gasteiger partial charge in [0, 0.05) is 13.1 Å². The molecule has 19 heavy (non-hydrogen) atoms. The summed E-state index contributed by atoms with van der Waals surface area (Å²) in [6, 6.07) is 9.73. The molecule has 2 unspecified atom stereocenters. The molecule has 0 bridgehead atoms. The van der Waals surface area contributed by atoms with Crippen LogP contribution >= 0.6 is 0 Å². The lowest BCUT2D eigenvalue weighted by Gasteiger charge is -2.36. The van der Waals surface area contributed by atoms with Gasteiger partial charge in [-0.25, -0.2) is 0 Å². The van der Waals surface area contributed by atoms with Gasteiger partial charge in [0.25, 0.3) is 0 Å². The second-order valence-electron chi connectivity index (χ2n) is 4.90. The van der Waals surface area contributed by atoms with Gasteiger partial charge in [-0.3, -0.25) is 9.69 Å². The van der Waals surface area contributed by atoms with Gasteiger partial charge in [-0.1, -0.05) is 30.3 Å². The van der Waals surface area contributed by atoms with Crippen molar-refractivity contribution in [2.24, 2.45) is 0 Å². The van der Waals surface area contributed by atoms with Crippen LogP contribution in [0, 0.1) is 0 Å². The van der Waals surface area contributed by atoms with Gasteiger partial charge >= 0.3 is 5.97 Å². The Balaban J connectivity index is 2.05. The van der Waals surface area contributed by atoms with Crippen LogP contribution in [-0.2, 0) is 16.1 Å². The number of likely N-dealkylation sites (tertiary alicyclic amines) is 1. The third-order valence-corrected chi connectivity index (χ3v) is 3.47. The first-order valence-electron chi connectivity index (χ1n) is 6.83. The standard InChI is InChI=1S/C15H21NO3/c1-2-19-15(18)14-10-13(17)8-9-16(14)11-12-6-4-3-5-7-12/h3-7,13-14,17H,2,8-11H2,1H3. The molecule has 1 N–H and O–H groups in total. The molecule has 0 spiro atoms. The summed E-state index contributed by atoms with van der Waals surface area (Å²) in [7, 11) is 0. The van der Waals surface area contributed by atoms with Crippen molar-refractivity contribution in [3.05, 3.63) is 35.9 Å². The zero-order valence-electron chi connectivity index (χ0n) is 11.3. The molecule has 4 heteroatoms. The van der Waals surface area contributed by atoms with Gasteiger partial charge in [0.1, 0.15) is 6.04 Å². The first-order chi connectivity index (χ1) is 9.20. The molecule has 1 aliphatic rings. The molecule has 0 saturated carbocycles. The van der Waals surface area contributed by atoms with E-state index in [1.54, 1.807) is 6.92 Å². The number of piperidine rings is 1. The lowest BCUT2D eigenvalue weighted by molar-refractivity contribution is -0.153. The molecule has 0 radical (unpaired) electrons. The SMILES string of the molecule is CCOC(=O)C1CC(O)CCN1Cc1ccccc1. The molecular weight excluding hydrogens is 242 g/mol. The maximum absolute atomic E-state index is 12.0. The van der Waals surface area contributed by atoms with E-state index in [0.29, 0.717) is 19.4 Å². The normalized spacial score (nSPS) is 24.1. The molecule has 0 amide bonds. The van der Waals surface area contributed by atoms with Gasteiger partial charge in [-0.15, -0.1) is 0 Å². The lowest BCUT2D eigenvalue weighted by atomic mass is 9.98. The fourth-order valence-corrected chi connectivity index (χ4v) is 2.49. The summed E-state index contributed by atoms with van der Waals surface area (Å²) in [5.74, 6) is -0.225. The predicted molar refractivity (Wildman–Crippen MR) is 72.5 cm³/mol. The Bertz CT molecular complexity index is 407. The Morgan fingerprint density at radius 2 is 2.16 bits per heavy atom. The fraction of sp³-hybridized carbons (Fsp3) is 0.533. The minimum atomic E-state index is -0.401. The molecule has 1 heterocycles. The number of aliphatic hydroxyl groups is 1. The van der Waals surface area contributed by atoms with Gasteiger partial charge in [0.15, 0.2) is 0 Å². The average Bonchev–Trinajstić information content (AvgIpc) is 2.42. The van der Waals surface area contributed by atoms with Crippen LogP contribution in [0.2, 0.25) is 0 Å². The van der Waals surface area contributed by atoms with E-state index < -0.39 is 6.10 Å². The molecule has 0 aromatic heterocycles. The molecule has 2 atom stereocenters. The van der Waals surface area contributed by atoms with Crippen molar-refractivity contribution >= 4 is 5.97 Å². The Hall–Kier alpha value is -1.39. The number of nitrogens with zero attached hydrogens (tertiary/aromatic N) is 1. The second-order valence-corrected chi connectivity index (χ2v) is 4.90.